The number of carbonyl (C=O) groups is 1. The molecule has 0 spiro atoms. The van der Waals surface area contributed by atoms with Gasteiger partial charge < -0.3 is 24.1 Å². The van der Waals surface area contributed by atoms with Crippen molar-refractivity contribution in [3.63, 3.8) is 0 Å². The molecule has 6 nitrogen and oxygen atoms in total. The van der Waals surface area contributed by atoms with Gasteiger partial charge in [0.1, 0.15) is 11.5 Å². The van der Waals surface area contributed by atoms with E-state index in [0.717, 1.165) is 0 Å². The van der Waals surface area contributed by atoms with Crippen molar-refractivity contribution in [1.82, 2.24) is 0 Å². The minimum atomic E-state index is -1.96. The molecule has 0 unspecified atom stereocenters. The van der Waals surface area contributed by atoms with Crippen molar-refractivity contribution in [2.75, 3.05) is 21.0 Å². The maximum absolute atomic E-state index is 12.4. The van der Waals surface area contributed by atoms with E-state index in [0.29, 0.717) is 22.6 Å². The Balaban J connectivity index is 2.10. The van der Waals surface area contributed by atoms with Crippen molar-refractivity contribution in [2.24, 2.45) is 0 Å². The van der Waals surface area contributed by atoms with Crippen molar-refractivity contribution < 1.29 is 28.8 Å². The summed E-state index contributed by atoms with van der Waals surface area (Å²) in [5, 5.41) is 11.2. The molecule has 1 aliphatic heterocycles. The molecule has 0 saturated heterocycles. The summed E-state index contributed by atoms with van der Waals surface area (Å²) in [6, 6.07) is 13.9. The molecule has 0 aromatic heterocycles. The van der Waals surface area contributed by atoms with E-state index in [1.807, 2.05) is 0 Å². The van der Waals surface area contributed by atoms with Crippen molar-refractivity contribution in [1.29, 1.82) is 0 Å². The Morgan fingerprint density at radius 1 is 1.17 bits per heavy atom. The van der Waals surface area contributed by atoms with Gasteiger partial charge in [0.15, 0.2) is 12.9 Å². The molecule has 2 atom stereocenters. The van der Waals surface area contributed by atoms with Crippen LogP contribution in [-0.4, -0.2) is 32.1 Å². The molecule has 1 heterocycles. The van der Waals surface area contributed by atoms with Crippen LogP contribution in [0.15, 0.2) is 48.5 Å². The largest absolute Gasteiger partial charge is 0.481 e. The first-order chi connectivity index (χ1) is 11.6. The zero-order valence-corrected chi connectivity index (χ0v) is 13.4. The van der Waals surface area contributed by atoms with Crippen molar-refractivity contribution in [3.05, 3.63) is 59.7 Å². The molecule has 0 fully saturated rings. The summed E-state index contributed by atoms with van der Waals surface area (Å²) in [5.41, 5.74) is -1.07. The van der Waals surface area contributed by atoms with Crippen LogP contribution in [0.2, 0.25) is 0 Å². The lowest BCUT2D eigenvalue weighted by Crippen LogP contribution is -2.41. The number of carbonyl (C=O) groups excluding carboxylic acids is 1. The molecule has 0 bridgehead atoms. The van der Waals surface area contributed by atoms with E-state index in [2.05, 4.69) is 0 Å². The third-order valence-corrected chi connectivity index (χ3v) is 3.95. The van der Waals surface area contributed by atoms with Gasteiger partial charge in [0, 0.05) is 18.2 Å². The van der Waals surface area contributed by atoms with Crippen molar-refractivity contribution >= 4 is 5.97 Å². The Bertz CT molecular complexity index is 744. The minimum absolute atomic E-state index is 0.0351. The number of fused-ring (bicyclic) bond motifs is 1. The first kappa shape index (κ1) is 16.3. The first-order valence-electron chi connectivity index (χ1n) is 7.40. The number of rotatable bonds is 5. The van der Waals surface area contributed by atoms with Gasteiger partial charge in [-0.05, 0) is 12.1 Å². The molecule has 2 aromatic rings. The van der Waals surface area contributed by atoms with Crippen LogP contribution in [0.4, 0.5) is 0 Å². The summed E-state index contributed by atoms with van der Waals surface area (Å²) < 4.78 is 21.2. The molecule has 1 aliphatic rings. The standard InChI is InChI=1S/C18H18O6/c1-21-11-23-14-9-5-3-7-12(14)16-18(20,17(19)22-2)13-8-4-6-10-15(13)24-16/h3-10,16,20H,11H2,1-2H3/t16-,18-/m1/s1. The van der Waals surface area contributed by atoms with E-state index >= 15 is 0 Å². The third kappa shape index (κ3) is 2.50. The van der Waals surface area contributed by atoms with Crippen LogP contribution in [0.5, 0.6) is 11.5 Å². The zero-order chi connectivity index (χ0) is 17.2. The number of aliphatic hydroxyl groups is 1. The normalized spacial score (nSPS) is 21.7. The highest BCUT2D eigenvalue weighted by molar-refractivity contribution is 5.84. The van der Waals surface area contributed by atoms with E-state index in [1.54, 1.807) is 48.5 Å². The van der Waals surface area contributed by atoms with Gasteiger partial charge in [0.25, 0.3) is 0 Å². The minimum Gasteiger partial charge on any atom is -0.481 e. The number of hydrogen-bond acceptors (Lipinski definition) is 6. The van der Waals surface area contributed by atoms with Gasteiger partial charge in [-0.25, -0.2) is 4.79 Å². The number of ether oxygens (including phenoxy) is 4. The van der Waals surface area contributed by atoms with Gasteiger partial charge in [-0.1, -0.05) is 36.4 Å². The molecule has 24 heavy (non-hydrogen) atoms. The highest BCUT2D eigenvalue weighted by Gasteiger charge is 2.56. The van der Waals surface area contributed by atoms with Crippen LogP contribution in [-0.2, 0) is 19.9 Å². The average Bonchev–Trinajstić information content (AvgIpc) is 2.93. The Hall–Kier alpha value is -2.57. The molecule has 126 valence electrons. The Morgan fingerprint density at radius 3 is 2.62 bits per heavy atom. The van der Waals surface area contributed by atoms with Gasteiger partial charge in [0.05, 0.1) is 7.11 Å². The van der Waals surface area contributed by atoms with E-state index in [1.165, 1.54) is 14.2 Å². The van der Waals surface area contributed by atoms with E-state index in [9.17, 15) is 9.90 Å². The fraction of sp³-hybridized carbons (Fsp3) is 0.278. The van der Waals surface area contributed by atoms with E-state index in [4.69, 9.17) is 18.9 Å². The van der Waals surface area contributed by atoms with E-state index in [-0.39, 0.29) is 6.79 Å². The Kier molecular flexibility index (Phi) is 4.42. The lowest BCUT2D eigenvalue weighted by atomic mass is 9.86. The summed E-state index contributed by atoms with van der Waals surface area (Å²) in [4.78, 5) is 12.4. The fourth-order valence-corrected chi connectivity index (χ4v) is 2.85. The van der Waals surface area contributed by atoms with Crippen molar-refractivity contribution in [3.8, 4) is 11.5 Å². The monoisotopic (exact) mass is 330 g/mol. The summed E-state index contributed by atoms with van der Waals surface area (Å²) in [5.74, 6) is 0.0930. The quantitative estimate of drug-likeness (QED) is 0.669. The molecular weight excluding hydrogens is 312 g/mol. The SMILES string of the molecule is COCOc1ccccc1[C@H]1Oc2ccccc2[C@]1(O)C(=O)OC. The second kappa shape index (κ2) is 6.51. The number of esters is 1. The molecule has 2 aromatic carbocycles. The Morgan fingerprint density at radius 2 is 1.88 bits per heavy atom. The predicted molar refractivity (Wildman–Crippen MR) is 84.7 cm³/mol. The number of benzene rings is 2. The second-order valence-corrected chi connectivity index (χ2v) is 5.34. The summed E-state index contributed by atoms with van der Waals surface area (Å²) in [6.07, 6.45) is -0.990. The topological polar surface area (TPSA) is 74.2 Å². The molecular formula is C18H18O6. The van der Waals surface area contributed by atoms with Gasteiger partial charge in [-0.15, -0.1) is 0 Å². The number of hydrogen-bond donors (Lipinski definition) is 1. The molecule has 0 saturated carbocycles. The van der Waals surface area contributed by atoms with Gasteiger partial charge in [0.2, 0.25) is 5.60 Å². The maximum atomic E-state index is 12.4. The number of para-hydroxylation sites is 2. The average molecular weight is 330 g/mol. The highest BCUT2D eigenvalue weighted by Crippen LogP contribution is 2.51. The van der Waals surface area contributed by atoms with Gasteiger partial charge in [-0.2, -0.15) is 0 Å². The highest BCUT2D eigenvalue weighted by atomic mass is 16.7. The van der Waals surface area contributed by atoms with Crippen LogP contribution < -0.4 is 9.47 Å². The molecule has 0 radical (unpaired) electrons. The molecule has 0 aliphatic carbocycles. The van der Waals surface area contributed by atoms with Crippen LogP contribution >= 0.6 is 0 Å². The zero-order valence-electron chi connectivity index (χ0n) is 13.4. The molecule has 1 N–H and O–H groups in total. The predicted octanol–water partition coefficient (Wildman–Crippen LogP) is 2.16. The third-order valence-electron chi connectivity index (χ3n) is 3.95. The van der Waals surface area contributed by atoms with Gasteiger partial charge in [-0.3, -0.25) is 0 Å². The number of methoxy groups -OCH3 is 2. The summed E-state index contributed by atoms with van der Waals surface area (Å²) in [7, 11) is 2.74. The second-order valence-electron chi connectivity index (χ2n) is 5.34. The summed E-state index contributed by atoms with van der Waals surface area (Å²) in [6.45, 7) is 0.0351. The fourth-order valence-electron chi connectivity index (χ4n) is 2.85. The molecule has 3 rings (SSSR count). The van der Waals surface area contributed by atoms with Crippen LogP contribution in [0.25, 0.3) is 0 Å². The van der Waals surface area contributed by atoms with Gasteiger partial charge >= 0.3 is 5.97 Å². The lowest BCUT2D eigenvalue weighted by molar-refractivity contribution is -0.171. The Labute approximate surface area is 139 Å². The lowest BCUT2D eigenvalue weighted by Gasteiger charge is -2.27. The van der Waals surface area contributed by atoms with E-state index < -0.39 is 17.7 Å². The van der Waals surface area contributed by atoms with Crippen molar-refractivity contribution in [2.45, 2.75) is 11.7 Å². The van der Waals surface area contributed by atoms with Crippen LogP contribution in [0.1, 0.15) is 17.2 Å². The smallest absolute Gasteiger partial charge is 0.347 e. The van der Waals surface area contributed by atoms with Crippen LogP contribution in [0.3, 0.4) is 0 Å². The summed E-state index contributed by atoms with van der Waals surface area (Å²) >= 11 is 0. The molecule has 6 heteroatoms. The molecule has 0 amide bonds. The maximum Gasteiger partial charge on any atom is 0.347 e. The van der Waals surface area contributed by atoms with Crippen LogP contribution in [0, 0.1) is 0 Å². The first-order valence-corrected chi connectivity index (χ1v) is 7.40.